The fourth-order valence-corrected chi connectivity index (χ4v) is 1.87. The first-order valence-electron chi connectivity index (χ1n) is 5.27. The Balaban J connectivity index is 2.15. The predicted molar refractivity (Wildman–Crippen MR) is 57.7 cm³/mol. The van der Waals surface area contributed by atoms with Crippen LogP contribution in [-0.4, -0.2) is 35.3 Å². The zero-order valence-corrected chi connectivity index (χ0v) is 9.10. The van der Waals surface area contributed by atoms with E-state index in [4.69, 9.17) is 0 Å². The average molecular weight is 208 g/mol. The average Bonchev–Trinajstić information content (AvgIpc) is 2.83. The number of hydrogen-bond acceptors (Lipinski definition) is 3. The number of rotatable bonds is 3. The van der Waals surface area contributed by atoms with Crippen molar-refractivity contribution in [2.75, 3.05) is 18.5 Å². The molecule has 1 aliphatic heterocycles. The molecule has 2 heterocycles. The van der Waals surface area contributed by atoms with Crippen LogP contribution < -0.4 is 10.2 Å². The van der Waals surface area contributed by atoms with E-state index in [-0.39, 0.29) is 11.9 Å². The van der Waals surface area contributed by atoms with Gasteiger partial charge < -0.3 is 10.2 Å². The fourth-order valence-electron chi connectivity index (χ4n) is 1.87. The third kappa shape index (κ3) is 1.74. The number of nitrogens with zero attached hydrogens (tertiary/aromatic N) is 3. The van der Waals surface area contributed by atoms with E-state index < -0.39 is 0 Å². The number of anilines is 1. The van der Waals surface area contributed by atoms with Gasteiger partial charge in [0.15, 0.2) is 0 Å². The zero-order valence-electron chi connectivity index (χ0n) is 9.10. The summed E-state index contributed by atoms with van der Waals surface area (Å²) in [5.41, 5.74) is 0.902. The number of aromatic nitrogens is 2. The van der Waals surface area contributed by atoms with E-state index in [9.17, 15) is 4.79 Å². The predicted octanol–water partition coefficient (Wildman–Crippen LogP) is 0.228. The molecule has 1 N–H and O–H groups in total. The maximum Gasteiger partial charge on any atom is 0.244 e. The summed E-state index contributed by atoms with van der Waals surface area (Å²) in [6.45, 7) is 3.64. The van der Waals surface area contributed by atoms with Crippen LogP contribution in [0.15, 0.2) is 12.4 Å². The number of carbonyl (C=O) groups excluding carboxylic acids is 1. The van der Waals surface area contributed by atoms with E-state index in [2.05, 4.69) is 10.4 Å². The lowest BCUT2D eigenvalue weighted by molar-refractivity contribution is -0.118. The van der Waals surface area contributed by atoms with Crippen LogP contribution in [0.3, 0.4) is 0 Å². The third-order valence-electron chi connectivity index (χ3n) is 2.81. The van der Waals surface area contributed by atoms with Crippen molar-refractivity contribution in [2.24, 2.45) is 0 Å². The summed E-state index contributed by atoms with van der Waals surface area (Å²) < 4.78 is 1.83. The van der Waals surface area contributed by atoms with Gasteiger partial charge in [-0.05, 0) is 20.4 Å². The van der Waals surface area contributed by atoms with Gasteiger partial charge in [-0.3, -0.25) is 9.48 Å². The summed E-state index contributed by atoms with van der Waals surface area (Å²) in [6, 6.07) is -0.0324. The maximum absolute atomic E-state index is 11.9. The number of carbonyl (C=O) groups is 1. The number of likely N-dealkylation sites (N-methyl/N-ethyl adjacent to an activating group) is 1. The third-order valence-corrected chi connectivity index (χ3v) is 2.81. The van der Waals surface area contributed by atoms with E-state index in [1.54, 1.807) is 11.1 Å². The Kier molecular flexibility index (Phi) is 2.73. The lowest BCUT2D eigenvalue weighted by Crippen LogP contribution is -2.36. The van der Waals surface area contributed by atoms with Crippen LogP contribution in [0.5, 0.6) is 0 Å². The second-order valence-electron chi connectivity index (χ2n) is 3.67. The summed E-state index contributed by atoms with van der Waals surface area (Å²) in [4.78, 5) is 13.7. The summed E-state index contributed by atoms with van der Waals surface area (Å²) in [6.07, 6.45) is 4.53. The van der Waals surface area contributed by atoms with Gasteiger partial charge in [0, 0.05) is 19.3 Å². The normalized spacial score (nSPS) is 21.3. The summed E-state index contributed by atoms with van der Waals surface area (Å²) in [5.74, 6) is 0.146. The van der Waals surface area contributed by atoms with Gasteiger partial charge in [-0.2, -0.15) is 5.10 Å². The van der Waals surface area contributed by atoms with Crippen LogP contribution >= 0.6 is 0 Å². The smallest absolute Gasteiger partial charge is 0.244 e. The molecular weight excluding hydrogens is 192 g/mol. The highest BCUT2D eigenvalue weighted by molar-refractivity contribution is 5.99. The largest absolute Gasteiger partial charge is 0.309 e. The molecule has 0 saturated carbocycles. The van der Waals surface area contributed by atoms with Gasteiger partial charge in [0.25, 0.3) is 0 Å². The quantitative estimate of drug-likeness (QED) is 0.773. The van der Waals surface area contributed by atoms with E-state index in [1.165, 1.54) is 0 Å². The van der Waals surface area contributed by atoms with Crippen molar-refractivity contribution in [3.8, 4) is 0 Å². The maximum atomic E-state index is 11.9. The fraction of sp³-hybridized carbons (Fsp3) is 0.600. The summed E-state index contributed by atoms with van der Waals surface area (Å²) in [5, 5.41) is 7.18. The Hall–Kier alpha value is -1.36. The molecule has 1 aromatic rings. The first-order chi connectivity index (χ1) is 7.26. The molecule has 5 heteroatoms. The highest BCUT2D eigenvalue weighted by Crippen LogP contribution is 2.20. The molecule has 0 aromatic carbocycles. The van der Waals surface area contributed by atoms with E-state index in [0.717, 1.165) is 25.2 Å². The van der Waals surface area contributed by atoms with Gasteiger partial charge >= 0.3 is 0 Å². The van der Waals surface area contributed by atoms with Crippen LogP contribution in [-0.2, 0) is 11.3 Å². The van der Waals surface area contributed by atoms with Gasteiger partial charge in [-0.25, -0.2) is 0 Å². The minimum absolute atomic E-state index is 0.0324. The number of nitrogens with one attached hydrogen (secondary N) is 1. The van der Waals surface area contributed by atoms with Crippen LogP contribution in [0.25, 0.3) is 0 Å². The second-order valence-corrected chi connectivity index (χ2v) is 3.67. The standard InChI is InChI=1S/C10H16N4O/c1-3-13-7-8(6-12-13)14-5-4-9(11-2)10(14)15/h6-7,9,11H,3-5H2,1-2H3. The molecule has 1 amide bonds. The lowest BCUT2D eigenvalue weighted by Gasteiger charge is -2.13. The molecule has 1 atom stereocenters. The van der Waals surface area contributed by atoms with Gasteiger partial charge in [-0.15, -0.1) is 0 Å². The highest BCUT2D eigenvalue weighted by Gasteiger charge is 2.31. The van der Waals surface area contributed by atoms with Gasteiger partial charge in [0.2, 0.25) is 5.91 Å². The lowest BCUT2D eigenvalue weighted by atomic mass is 10.3. The Morgan fingerprint density at radius 2 is 2.47 bits per heavy atom. The molecule has 15 heavy (non-hydrogen) atoms. The number of aryl methyl sites for hydroxylation is 1. The minimum atomic E-state index is -0.0324. The van der Waals surface area contributed by atoms with E-state index >= 15 is 0 Å². The Morgan fingerprint density at radius 3 is 3.00 bits per heavy atom. The van der Waals surface area contributed by atoms with Gasteiger partial charge in [0.05, 0.1) is 17.9 Å². The van der Waals surface area contributed by atoms with Crippen molar-refractivity contribution in [3.63, 3.8) is 0 Å². The molecule has 1 aliphatic rings. The molecular formula is C10H16N4O. The molecule has 0 aliphatic carbocycles. The van der Waals surface area contributed by atoms with Crippen molar-refractivity contribution in [1.82, 2.24) is 15.1 Å². The molecule has 1 fully saturated rings. The van der Waals surface area contributed by atoms with Crippen molar-refractivity contribution in [1.29, 1.82) is 0 Å². The van der Waals surface area contributed by atoms with Crippen LogP contribution in [0.4, 0.5) is 5.69 Å². The topological polar surface area (TPSA) is 50.2 Å². The Labute approximate surface area is 89.1 Å². The van der Waals surface area contributed by atoms with E-state index in [0.29, 0.717) is 0 Å². The first kappa shape index (κ1) is 10.2. The van der Waals surface area contributed by atoms with Crippen molar-refractivity contribution < 1.29 is 4.79 Å². The van der Waals surface area contributed by atoms with E-state index in [1.807, 2.05) is 24.9 Å². The molecule has 1 aromatic heterocycles. The summed E-state index contributed by atoms with van der Waals surface area (Å²) in [7, 11) is 1.82. The molecule has 0 spiro atoms. The Bertz CT molecular complexity index is 360. The minimum Gasteiger partial charge on any atom is -0.309 e. The van der Waals surface area contributed by atoms with Crippen molar-refractivity contribution in [3.05, 3.63) is 12.4 Å². The highest BCUT2D eigenvalue weighted by atomic mass is 16.2. The molecule has 5 nitrogen and oxygen atoms in total. The van der Waals surface area contributed by atoms with Crippen LogP contribution in [0, 0.1) is 0 Å². The second kappa shape index (κ2) is 4.02. The zero-order chi connectivity index (χ0) is 10.8. The number of hydrogen-bond donors (Lipinski definition) is 1. The molecule has 82 valence electrons. The molecule has 2 rings (SSSR count). The van der Waals surface area contributed by atoms with Gasteiger partial charge in [0.1, 0.15) is 0 Å². The molecule has 0 radical (unpaired) electrons. The van der Waals surface area contributed by atoms with Crippen LogP contribution in [0.2, 0.25) is 0 Å². The molecule has 1 saturated heterocycles. The van der Waals surface area contributed by atoms with Gasteiger partial charge in [-0.1, -0.05) is 0 Å². The number of amides is 1. The van der Waals surface area contributed by atoms with Crippen molar-refractivity contribution >= 4 is 11.6 Å². The Morgan fingerprint density at radius 1 is 1.67 bits per heavy atom. The monoisotopic (exact) mass is 208 g/mol. The van der Waals surface area contributed by atoms with Crippen LogP contribution in [0.1, 0.15) is 13.3 Å². The van der Waals surface area contributed by atoms with Crippen molar-refractivity contribution in [2.45, 2.75) is 25.9 Å². The first-order valence-corrected chi connectivity index (χ1v) is 5.27. The summed E-state index contributed by atoms with van der Waals surface area (Å²) >= 11 is 0. The SMILES string of the molecule is CCn1cc(N2CCC(NC)C2=O)cn1. The molecule has 0 bridgehead atoms. The molecule has 1 unspecified atom stereocenters.